The summed E-state index contributed by atoms with van der Waals surface area (Å²) in [5.74, 6) is 0.152. The molecule has 1 fully saturated rings. The Morgan fingerprint density at radius 3 is 2.64 bits per heavy atom. The molecule has 1 aliphatic heterocycles. The van der Waals surface area contributed by atoms with E-state index in [-0.39, 0.29) is 18.5 Å². The maximum atomic E-state index is 12.4. The van der Waals surface area contributed by atoms with Gasteiger partial charge in [0.25, 0.3) is 0 Å². The molecular weight excluding hydrogens is 380 g/mol. The number of nitrogens with zero attached hydrogens (tertiary/aromatic N) is 3. The van der Waals surface area contributed by atoms with Crippen LogP contribution in [0, 0.1) is 5.92 Å². The van der Waals surface area contributed by atoms with Crippen molar-refractivity contribution in [3.05, 3.63) is 41.3 Å². The van der Waals surface area contributed by atoms with E-state index < -0.39 is 15.9 Å². The molecule has 1 unspecified atom stereocenters. The van der Waals surface area contributed by atoms with Gasteiger partial charge in [-0.15, -0.1) is 5.10 Å². The van der Waals surface area contributed by atoms with Gasteiger partial charge >= 0.3 is 6.01 Å². The van der Waals surface area contributed by atoms with Crippen molar-refractivity contribution in [1.29, 1.82) is 0 Å². The highest BCUT2D eigenvalue weighted by molar-refractivity contribution is 7.88. The highest BCUT2D eigenvalue weighted by atomic mass is 32.2. The first-order valence-electron chi connectivity index (χ1n) is 9.39. The van der Waals surface area contributed by atoms with Gasteiger partial charge in [-0.05, 0) is 29.9 Å². The maximum absolute atomic E-state index is 12.4. The van der Waals surface area contributed by atoms with Crippen LogP contribution in [-0.2, 0) is 21.2 Å². The minimum atomic E-state index is -3.30. The predicted octanol–water partition coefficient (Wildman–Crippen LogP) is 2.39. The number of anilines is 1. The maximum Gasteiger partial charge on any atom is 0.322 e. The lowest BCUT2D eigenvalue weighted by Gasteiger charge is -2.29. The van der Waals surface area contributed by atoms with Gasteiger partial charge in [0.15, 0.2) is 0 Å². The summed E-state index contributed by atoms with van der Waals surface area (Å²) in [5, 5.41) is 10.5. The summed E-state index contributed by atoms with van der Waals surface area (Å²) >= 11 is 0. The second-order valence-electron chi connectivity index (χ2n) is 7.52. The summed E-state index contributed by atoms with van der Waals surface area (Å²) in [6.45, 7) is 4.91. The zero-order chi connectivity index (χ0) is 20.3. The lowest BCUT2D eigenvalue weighted by Crippen LogP contribution is -2.43. The lowest BCUT2D eigenvalue weighted by molar-refractivity contribution is -0.121. The molecule has 2 aromatic rings. The van der Waals surface area contributed by atoms with Gasteiger partial charge in [-0.2, -0.15) is 0 Å². The SMILES string of the molecule is CC(C)c1ccc(Cc2nnc(NC(=O)C3CCCN(S(C)(=O)=O)C3)o2)cc1. The molecule has 9 heteroatoms. The highest BCUT2D eigenvalue weighted by Crippen LogP contribution is 2.21. The molecule has 1 amide bonds. The van der Waals surface area contributed by atoms with Gasteiger partial charge in [-0.25, -0.2) is 12.7 Å². The lowest BCUT2D eigenvalue weighted by atomic mass is 9.99. The summed E-state index contributed by atoms with van der Waals surface area (Å²) in [5.41, 5.74) is 2.31. The van der Waals surface area contributed by atoms with Crippen LogP contribution in [-0.4, -0.2) is 48.2 Å². The Morgan fingerprint density at radius 2 is 2.00 bits per heavy atom. The number of hydrogen-bond acceptors (Lipinski definition) is 6. The molecule has 1 saturated heterocycles. The Balaban J connectivity index is 1.58. The first kappa shape index (κ1) is 20.5. The van der Waals surface area contributed by atoms with Crippen molar-refractivity contribution in [3.8, 4) is 0 Å². The number of carbonyl (C=O) groups is 1. The van der Waals surface area contributed by atoms with Gasteiger partial charge in [0.1, 0.15) is 0 Å². The van der Waals surface area contributed by atoms with Gasteiger partial charge in [0.05, 0.1) is 18.6 Å². The number of hydrogen-bond donors (Lipinski definition) is 1. The molecular formula is C19H26N4O4S. The van der Waals surface area contributed by atoms with Crippen molar-refractivity contribution in [2.24, 2.45) is 5.92 Å². The normalized spacial score (nSPS) is 18.4. The van der Waals surface area contributed by atoms with Crippen molar-refractivity contribution in [2.75, 3.05) is 24.7 Å². The Morgan fingerprint density at radius 1 is 1.29 bits per heavy atom. The fourth-order valence-corrected chi connectivity index (χ4v) is 4.15. The number of rotatable bonds is 6. The summed E-state index contributed by atoms with van der Waals surface area (Å²) in [7, 11) is -3.30. The summed E-state index contributed by atoms with van der Waals surface area (Å²) in [4.78, 5) is 12.4. The summed E-state index contributed by atoms with van der Waals surface area (Å²) in [6.07, 6.45) is 2.91. The second-order valence-corrected chi connectivity index (χ2v) is 9.51. The fourth-order valence-electron chi connectivity index (χ4n) is 3.24. The quantitative estimate of drug-likeness (QED) is 0.790. The summed E-state index contributed by atoms with van der Waals surface area (Å²) < 4.78 is 30.3. The van der Waals surface area contributed by atoms with Gasteiger partial charge in [-0.1, -0.05) is 43.2 Å². The molecule has 1 aliphatic rings. The van der Waals surface area contributed by atoms with Gasteiger partial charge < -0.3 is 4.42 Å². The molecule has 1 atom stereocenters. The first-order chi connectivity index (χ1) is 13.2. The van der Waals surface area contributed by atoms with Crippen LogP contribution >= 0.6 is 0 Å². The number of nitrogens with one attached hydrogen (secondary N) is 1. The second kappa shape index (κ2) is 8.40. The van der Waals surface area contributed by atoms with E-state index in [0.717, 1.165) is 11.8 Å². The number of aromatic nitrogens is 2. The Labute approximate surface area is 165 Å². The standard InChI is InChI=1S/C19H26N4O4S/c1-13(2)15-8-6-14(7-9-15)11-17-21-22-19(27-17)20-18(24)16-5-4-10-23(12-16)28(3,25)26/h6-9,13,16H,4-5,10-12H2,1-3H3,(H,20,22,24). The monoisotopic (exact) mass is 406 g/mol. The summed E-state index contributed by atoms with van der Waals surface area (Å²) in [6, 6.07) is 8.25. The fraction of sp³-hybridized carbons (Fsp3) is 0.526. The number of carbonyl (C=O) groups excluding carboxylic acids is 1. The third kappa shape index (κ3) is 5.17. The van der Waals surface area contributed by atoms with Crippen LogP contribution in [0.2, 0.25) is 0 Å². The molecule has 2 heterocycles. The first-order valence-corrected chi connectivity index (χ1v) is 11.2. The van der Waals surface area contributed by atoms with Crippen LogP contribution in [0.5, 0.6) is 0 Å². The molecule has 1 N–H and O–H groups in total. The van der Waals surface area contributed by atoms with Gasteiger partial charge in [-0.3, -0.25) is 10.1 Å². The van der Waals surface area contributed by atoms with Crippen molar-refractivity contribution >= 4 is 21.9 Å². The van der Waals surface area contributed by atoms with E-state index in [0.29, 0.717) is 37.6 Å². The number of sulfonamides is 1. The Kier molecular flexibility index (Phi) is 6.14. The molecule has 0 spiro atoms. The van der Waals surface area contributed by atoms with E-state index in [4.69, 9.17) is 4.42 Å². The average Bonchev–Trinajstić information content (AvgIpc) is 3.08. The van der Waals surface area contributed by atoms with Crippen LogP contribution in [0.1, 0.15) is 49.6 Å². The molecule has 28 heavy (non-hydrogen) atoms. The van der Waals surface area contributed by atoms with E-state index in [9.17, 15) is 13.2 Å². The molecule has 1 aromatic heterocycles. The topological polar surface area (TPSA) is 105 Å². The van der Waals surface area contributed by atoms with Gasteiger partial charge in [0.2, 0.25) is 21.8 Å². The third-order valence-electron chi connectivity index (χ3n) is 4.92. The predicted molar refractivity (Wildman–Crippen MR) is 105 cm³/mol. The van der Waals surface area contributed by atoms with E-state index in [1.54, 1.807) is 0 Å². The van der Waals surface area contributed by atoms with Crippen LogP contribution in [0.25, 0.3) is 0 Å². The zero-order valence-corrected chi connectivity index (χ0v) is 17.2. The Bertz CT molecular complexity index is 922. The van der Waals surface area contributed by atoms with Crippen LogP contribution < -0.4 is 5.32 Å². The van der Waals surface area contributed by atoms with Crippen molar-refractivity contribution in [2.45, 2.75) is 39.0 Å². The van der Waals surface area contributed by atoms with E-state index in [2.05, 4.69) is 41.5 Å². The number of amides is 1. The van der Waals surface area contributed by atoms with Gasteiger partial charge in [0, 0.05) is 13.1 Å². The highest BCUT2D eigenvalue weighted by Gasteiger charge is 2.30. The third-order valence-corrected chi connectivity index (χ3v) is 6.19. The van der Waals surface area contributed by atoms with Crippen molar-refractivity contribution in [1.82, 2.24) is 14.5 Å². The van der Waals surface area contributed by atoms with Crippen LogP contribution in [0.4, 0.5) is 6.01 Å². The van der Waals surface area contributed by atoms with Crippen molar-refractivity contribution in [3.63, 3.8) is 0 Å². The molecule has 0 aliphatic carbocycles. The van der Waals surface area contributed by atoms with E-state index in [1.165, 1.54) is 9.87 Å². The minimum Gasteiger partial charge on any atom is -0.407 e. The molecule has 8 nitrogen and oxygen atoms in total. The molecule has 0 bridgehead atoms. The number of piperidine rings is 1. The van der Waals surface area contributed by atoms with Crippen LogP contribution in [0.15, 0.2) is 28.7 Å². The smallest absolute Gasteiger partial charge is 0.322 e. The molecule has 0 radical (unpaired) electrons. The number of benzene rings is 1. The van der Waals surface area contributed by atoms with E-state index in [1.807, 2.05) is 12.1 Å². The molecule has 1 aromatic carbocycles. The average molecular weight is 407 g/mol. The van der Waals surface area contributed by atoms with Crippen LogP contribution in [0.3, 0.4) is 0 Å². The zero-order valence-electron chi connectivity index (χ0n) is 16.4. The molecule has 0 saturated carbocycles. The largest absolute Gasteiger partial charge is 0.407 e. The van der Waals surface area contributed by atoms with Crippen molar-refractivity contribution < 1.29 is 17.6 Å². The Hall–Kier alpha value is -2.26. The molecule has 152 valence electrons. The minimum absolute atomic E-state index is 0.0373. The molecule has 3 rings (SSSR count). The van der Waals surface area contributed by atoms with E-state index >= 15 is 0 Å².